The lowest BCUT2D eigenvalue weighted by Crippen LogP contribution is -2.38. The number of nitrogens with one attached hydrogen (secondary N) is 1. The van der Waals surface area contributed by atoms with Crippen LogP contribution in [-0.2, 0) is 21.2 Å². The molecule has 1 N–H and O–H groups in total. The number of ether oxygens (including phenoxy) is 2. The van der Waals surface area contributed by atoms with Crippen LogP contribution in [0.1, 0.15) is 12.5 Å². The Kier molecular flexibility index (Phi) is 6.50. The number of nitrogens with zero attached hydrogens (tertiary/aromatic N) is 1. The molecule has 1 heterocycles. The highest BCUT2D eigenvalue weighted by atomic mass is 32.2. The molecule has 0 unspecified atom stereocenters. The number of rotatable bonds is 7. The van der Waals surface area contributed by atoms with Gasteiger partial charge < -0.3 is 14.8 Å². The average Bonchev–Trinajstić information content (AvgIpc) is 2.83. The molecule has 0 spiro atoms. The Hall–Kier alpha value is -3.59. The minimum absolute atomic E-state index is 0.0715. The van der Waals surface area contributed by atoms with Gasteiger partial charge in [0.15, 0.2) is 11.5 Å². The van der Waals surface area contributed by atoms with Crippen molar-refractivity contribution >= 4 is 27.3 Å². The van der Waals surface area contributed by atoms with E-state index in [-0.39, 0.29) is 10.6 Å². The van der Waals surface area contributed by atoms with Crippen LogP contribution < -0.4 is 19.1 Å². The van der Waals surface area contributed by atoms with Gasteiger partial charge in [0.1, 0.15) is 25.6 Å². The molecular weight excluding hydrogens is 447 g/mol. The van der Waals surface area contributed by atoms with Crippen LogP contribution >= 0.6 is 0 Å². The maximum absolute atomic E-state index is 13.6. The van der Waals surface area contributed by atoms with E-state index in [2.05, 4.69) is 5.32 Å². The molecule has 4 rings (SSSR count). The van der Waals surface area contributed by atoms with Crippen molar-refractivity contribution in [1.29, 1.82) is 0 Å². The molecule has 0 aliphatic carbocycles. The quantitative estimate of drug-likeness (QED) is 0.564. The van der Waals surface area contributed by atoms with Gasteiger partial charge in [-0.3, -0.25) is 9.10 Å². The molecular formula is C24H23FN2O5S. The van der Waals surface area contributed by atoms with E-state index in [0.717, 1.165) is 22.0 Å². The Morgan fingerprint density at radius 2 is 1.70 bits per heavy atom. The zero-order chi connectivity index (χ0) is 23.4. The highest BCUT2D eigenvalue weighted by Gasteiger charge is 2.29. The molecule has 0 bridgehead atoms. The van der Waals surface area contributed by atoms with E-state index in [0.29, 0.717) is 36.8 Å². The normalized spacial score (nSPS) is 12.8. The third-order valence-electron chi connectivity index (χ3n) is 5.18. The summed E-state index contributed by atoms with van der Waals surface area (Å²) in [5.41, 5.74) is 1.69. The Bertz CT molecular complexity index is 1260. The van der Waals surface area contributed by atoms with Crippen LogP contribution in [-0.4, -0.2) is 34.1 Å². The standard InChI is InChI=1S/C24H23FN2O5S/c1-2-17-5-3-4-6-21(17)26-24(28)16-27(19-9-7-18(25)8-10-19)33(29,30)20-11-12-22-23(15-20)32-14-13-31-22/h3-12,15H,2,13-14,16H2,1H3,(H,26,28). The summed E-state index contributed by atoms with van der Waals surface area (Å²) in [5, 5.41) is 2.78. The Morgan fingerprint density at radius 3 is 2.42 bits per heavy atom. The number of fused-ring (bicyclic) bond motifs is 1. The number of para-hydroxylation sites is 1. The highest BCUT2D eigenvalue weighted by molar-refractivity contribution is 7.92. The zero-order valence-corrected chi connectivity index (χ0v) is 18.8. The lowest BCUT2D eigenvalue weighted by Gasteiger charge is -2.25. The van der Waals surface area contributed by atoms with Crippen molar-refractivity contribution in [1.82, 2.24) is 0 Å². The second kappa shape index (κ2) is 9.50. The predicted molar refractivity (Wildman–Crippen MR) is 123 cm³/mol. The molecule has 0 saturated heterocycles. The van der Waals surface area contributed by atoms with Crippen molar-refractivity contribution in [3.8, 4) is 11.5 Å². The first-order valence-electron chi connectivity index (χ1n) is 10.4. The lowest BCUT2D eigenvalue weighted by molar-refractivity contribution is -0.114. The molecule has 7 nitrogen and oxygen atoms in total. The summed E-state index contributed by atoms with van der Waals surface area (Å²) in [5.74, 6) is -0.289. The van der Waals surface area contributed by atoms with E-state index in [1.165, 1.54) is 30.3 Å². The molecule has 3 aromatic rings. The van der Waals surface area contributed by atoms with Gasteiger partial charge >= 0.3 is 0 Å². The maximum atomic E-state index is 13.6. The summed E-state index contributed by atoms with van der Waals surface area (Å²) in [7, 11) is -4.19. The van der Waals surface area contributed by atoms with Gasteiger partial charge in [-0.05, 0) is 54.4 Å². The summed E-state index contributed by atoms with van der Waals surface area (Å²) in [6, 6.07) is 16.5. The minimum atomic E-state index is -4.19. The molecule has 1 aliphatic rings. The van der Waals surface area contributed by atoms with Crippen molar-refractivity contribution in [2.24, 2.45) is 0 Å². The summed E-state index contributed by atoms with van der Waals surface area (Å²) in [6.07, 6.45) is 0.702. The molecule has 0 saturated carbocycles. The molecule has 172 valence electrons. The molecule has 9 heteroatoms. The van der Waals surface area contributed by atoms with Crippen LogP contribution in [0, 0.1) is 5.82 Å². The monoisotopic (exact) mass is 470 g/mol. The van der Waals surface area contributed by atoms with Crippen LogP contribution in [0.4, 0.5) is 15.8 Å². The van der Waals surface area contributed by atoms with E-state index in [1.807, 2.05) is 19.1 Å². The number of benzene rings is 3. The van der Waals surface area contributed by atoms with E-state index in [4.69, 9.17) is 9.47 Å². The number of hydrogen-bond donors (Lipinski definition) is 1. The summed E-state index contributed by atoms with van der Waals surface area (Å²) >= 11 is 0. The fraction of sp³-hybridized carbons (Fsp3) is 0.208. The number of amides is 1. The van der Waals surface area contributed by atoms with Gasteiger partial charge in [-0.25, -0.2) is 12.8 Å². The molecule has 33 heavy (non-hydrogen) atoms. The van der Waals surface area contributed by atoms with E-state index in [1.54, 1.807) is 12.1 Å². The SMILES string of the molecule is CCc1ccccc1NC(=O)CN(c1ccc(F)cc1)S(=O)(=O)c1ccc2c(c1)OCCO2. The molecule has 1 amide bonds. The molecule has 3 aromatic carbocycles. The largest absolute Gasteiger partial charge is 0.486 e. The van der Waals surface area contributed by atoms with Crippen LogP contribution in [0.2, 0.25) is 0 Å². The van der Waals surface area contributed by atoms with Crippen LogP contribution in [0.15, 0.2) is 71.6 Å². The van der Waals surface area contributed by atoms with E-state index >= 15 is 0 Å². The van der Waals surface area contributed by atoms with Gasteiger partial charge in [-0.2, -0.15) is 0 Å². The summed E-state index contributed by atoms with van der Waals surface area (Å²) < 4.78 is 52.6. The number of aryl methyl sites for hydroxylation is 1. The van der Waals surface area contributed by atoms with Crippen LogP contribution in [0.5, 0.6) is 11.5 Å². The Morgan fingerprint density at radius 1 is 1.00 bits per heavy atom. The van der Waals surface area contributed by atoms with Gasteiger partial charge in [0, 0.05) is 11.8 Å². The predicted octanol–water partition coefficient (Wildman–Crippen LogP) is 3.99. The number of carbonyl (C=O) groups is 1. The first-order chi connectivity index (χ1) is 15.9. The fourth-order valence-electron chi connectivity index (χ4n) is 3.50. The number of sulfonamides is 1. The number of hydrogen-bond acceptors (Lipinski definition) is 5. The van der Waals surface area contributed by atoms with Gasteiger partial charge in [0.2, 0.25) is 5.91 Å². The minimum Gasteiger partial charge on any atom is -0.486 e. The van der Waals surface area contributed by atoms with Gasteiger partial charge in [-0.1, -0.05) is 25.1 Å². The lowest BCUT2D eigenvalue weighted by atomic mass is 10.1. The van der Waals surface area contributed by atoms with Gasteiger partial charge in [0.05, 0.1) is 10.6 Å². The number of halogens is 1. The molecule has 1 aliphatic heterocycles. The second-order valence-electron chi connectivity index (χ2n) is 7.35. The van der Waals surface area contributed by atoms with Crippen molar-refractivity contribution in [3.63, 3.8) is 0 Å². The molecule has 0 aromatic heterocycles. The number of anilines is 2. The maximum Gasteiger partial charge on any atom is 0.264 e. The van der Waals surface area contributed by atoms with Gasteiger partial charge in [-0.15, -0.1) is 0 Å². The third-order valence-corrected chi connectivity index (χ3v) is 6.95. The summed E-state index contributed by atoms with van der Waals surface area (Å²) in [6.45, 7) is 2.14. The van der Waals surface area contributed by atoms with Gasteiger partial charge in [0.25, 0.3) is 10.0 Å². The van der Waals surface area contributed by atoms with Crippen LogP contribution in [0.3, 0.4) is 0 Å². The third kappa shape index (κ3) is 4.93. The van der Waals surface area contributed by atoms with Crippen molar-refractivity contribution in [3.05, 3.63) is 78.1 Å². The van der Waals surface area contributed by atoms with Crippen molar-refractivity contribution in [2.45, 2.75) is 18.2 Å². The van der Waals surface area contributed by atoms with E-state index in [9.17, 15) is 17.6 Å². The molecule has 0 radical (unpaired) electrons. The highest BCUT2D eigenvalue weighted by Crippen LogP contribution is 2.34. The first kappa shape index (κ1) is 22.6. The smallest absolute Gasteiger partial charge is 0.264 e. The zero-order valence-electron chi connectivity index (χ0n) is 18.0. The Labute approximate surface area is 191 Å². The molecule has 0 fully saturated rings. The Balaban J connectivity index is 1.67. The fourth-order valence-corrected chi connectivity index (χ4v) is 4.94. The first-order valence-corrected chi connectivity index (χ1v) is 11.9. The number of carbonyl (C=O) groups excluding carboxylic acids is 1. The summed E-state index contributed by atoms with van der Waals surface area (Å²) in [4.78, 5) is 12.8. The van der Waals surface area contributed by atoms with Crippen LogP contribution in [0.25, 0.3) is 0 Å². The van der Waals surface area contributed by atoms with E-state index < -0.39 is 28.3 Å². The topological polar surface area (TPSA) is 84.9 Å². The molecule has 0 atom stereocenters. The second-order valence-corrected chi connectivity index (χ2v) is 9.21. The average molecular weight is 471 g/mol. The van der Waals surface area contributed by atoms with Crippen molar-refractivity contribution < 1.29 is 27.1 Å². The van der Waals surface area contributed by atoms with Crippen molar-refractivity contribution in [2.75, 3.05) is 29.4 Å².